The molecule has 3 aromatic heterocycles. The number of nitrogens with zero attached hydrogens (tertiary/aromatic N) is 15. The van der Waals surface area contributed by atoms with Crippen LogP contribution in [0.1, 0.15) is 85.7 Å². The highest BCUT2D eigenvalue weighted by Crippen LogP contribution is 2.52. The fourth-order valence-corrected chi connectivity index (χ4v) is 15.4. The van der Waals surface area contributed by atoms with Crippen molar-refractivity contribution in [3.63, 3.8) is 0 Å². The largest absolute Gasteiger partial charge is 0.472 e. The van der Waals surface area contributed by atoms with Gasteiger partial charge in [0.2, 0.25) is 0 Å². The van der Waals surface area contributed by atoms with Gasteiger partial charge in [-0.1, -0.05) is 0 Å². The number of nitrogens with one attached hydrogen (secondary N) is 3. The molecule has 0 bridgehead atoms. The molecule has 0 aliphatic carbocycles. The molecule has 42 heteroatoms. The second-order valence-electron chi connectivity index (χ2n) is 29.8. The number of aromatic nitrogens is 6. The Morgan fingerprint density at radius 3 is 0.967 bits per heavy atom. The number of carbonyl (C=O) groups excluding carboxylic acids is 3. The van der Waals surface area contributed by atoms with Gasteiger partial charge < -0.3 is 64.9 Å². The van der Waals surface area contributed by atoms with Crippen LogP contribution >= 0.6 is 15.6 Å². The quantitative estimate of drug-likeness (QED) is 0.0146. The third-order valence-corrected chi connectivity index (χ3v) is 22.3. The van der Waals surface area contributed by atoms with Crippen LogP contribution in [-0.4, -0.2) is 183 Å². The normalized spacial score (nSPS) is 20.0. The maximum atomic E-state index is 14.5. The number of rotatable bonds is 35. The summed E-state index contributed by atoms with van der Waals surface area (Å²) in [6.07, 6.45) is -11.1. The predicted molar refractivity (Wildman–Crippen MR) is 450 cm³/mol. The zero-order valence-electron chi connectivity index (χ0n) is 68.5. The number of aryl methyl sites for hydroxylation is 3. The number of anilines is 3. The van der Waals surface area contributed by atoms with Gasteiger partial charge in [0, 0.05) is 170 Å². The number of azo groups is 3. The van der Waals surface area contributed by atoms with Crippen LogP contribution < -0.4 is 64.4 Å². The van der Waals surface area contributed by atoms with E-state index in [1.54, 1.807) is 48.5 Å². The van der Waals surface area contributed by atoms with Gasteiger partial charge in [-0.15, -0.1) is 0 Å². The van der Waals surface area contributed by atoms with Crippen LogP contribution in [0.4, 0.5) is 51.2 Å². The lowest BCUT2D eigenvalue weighted by atomic mass is 10.2. The van der Waals surface area contributed by atoms with Crippen molar-refractivity contribution < 1.29 is 75.8 Å². The third kappa shape index (κ3) is 22.8. The minimum atomic E-state index is -5.43. The summed E-state index contributed by atoms with van der Waals surface area (Å²) in [6.45, 7) is -0.143. The maximum Gasteiger partial charge on any atom is 0.472 e. The monoisotopic (exact) mass is 1730 g/mol. The molecule has 650 valence electrons. The lowest BCUT2D eigenvalue weighted by Crippen LogP contribution is -2.44. The number of carbonyl (C=O) groups is 3. The van der Waals surface area contributed by atoms with Crippen molar-refractivity contribution >= 4 is 84.6 Å². The van der Waals surface area contributed by atoms with Crippen LogP contribution in [0.5, 0.6) is 0 Å². The number of hydrogen-bond acceptors (Lipinski definition) is 29. The van der Waals surface area contributed by atoms with E-state index < -0.39 is 155 Å². The summed E-state index contributed by atoms with van der Waals surface area (Å²) >= 11 is 0. The topological polar surface area (TPSA) is 483 Å². The highest BCUT2D eigenvalue weighted by molar-refractivity contribution is 7.47. The molecule has 6 heterocycles. The van der Waals surface area contributed by atoms with E-state index in [2.05, 4.69) is 46.6 Å². The summed E-state index contributed by atoms with van der Waals surface area (Å²) in [5.41, 5.74) is 2.06. The molecule has 9 aromatic rings. The number of aliphatic hydroxyl groups excluding tert-OH is 2. The molecule has 3 saturated heterocycles. The molecule has 0 saturated carbocycles. The summed E-state index contributed by atoms with van der Waals surface area (Å²) in [6, 6.07) is 40.9. The summed E-state index contributed by atoms with van der Waals surface area (Å²) in [7, 11) is 0.662. The van der Waals surface area contributed by atoms with Crippen LogP contribution in [0.25, 0.3) is 0 Å². The number of phosphoric acid groups is 2. The van der Waals surface area contributed by atoms with Gasteiger partial charge in [0.25, 0.3) is 34.4 Å². The van der Waals surface area contributed by atoms with Gasteiger partial charge in [-0.25, -0.2) is 23.5 Å². The molecule has 12 rings (SSSR count). The van der Waals surface area contributed by atoms with Crippen molar-refractivity contribution in [1.82, 2.24) is 43.4 Å². The lowest BCUT2D eigenvalue weighted by Gasteiger charge is -2.24. The van der Waals surface area contributed by atoms with Gasteiger partial charge >= 0.3 is 32.7 Å². The highest BCUT2D eigenvalue weighted by Gasteiger charge is 2.47. The smallest absolute Gasteiger partial charge is 0.394 e. The fourth-order valence-electron chi connectivity index (χ4n) is 13.5. The Morgan fingerprint density at radius 2 is 0.675 bits per heavy atom. The first-order valence-corrected chi connectivity index (χ1v) is 41.9. The van der Waals surface area contributed by atoms with Crippen LogP contribution in [0, 0.1) is 20.8 Å². The summed E-state index contributed by atoms with van der Waals surface area (Å²) in [5, 5.41) is 55.4. The van der Waals surface area contributed by atoms with Gasteiger partial charge in [-0.2, -0.15) is 30.7 Å². The van der Waals surface area contributed by atoms with Crippen molar-refractivity contribution in [1.29, 1.82) is 0 Å². The standard InChI is InChI=1S/C81H94N18O22P2/c1-49-43-97(79(108)94(76(49)105)37-34-82-73(102)52-10-16-55(17-11-52)85-88-58-22-28-61(29-23-58)91(4)5)70-40-64(101)68(118-70)47-115-122(111,112)121-66-42-72(99-45-51(3)78(107)96(81(99)110)39-36-84-75(104)54-14-20-57(21-15-54)87-90-60-26-32-63(33-27-60)93(8)9)119-69(66)48-116-123(113,114)120-65-41-71(117-67(65)46-100)98-44-50(2)77(106)95(80(98)109)38-35-83-74(103)53-12-18-56(19-13-53)86-89-59-24-30-62(31-25-59)92(6)7/h10-33,43-45,64-72,100-101H,34-42,46-48H2,1-9H3,(H,82,102)(H,83,103)(H,84,104)(H,111,112)(H,113,114)/t64-,65-,66-,67+,68+,69+,70+,71+,72+/m0/s1. The van der Waals surface area contributed by atoms with Crippen molar-refractivity contribution in [2.45, 2.75) is 115 Å². The minimum absolute atomic E-state index is 0.0165. The van der Waals surface area contributed by atoms with E-state index in [9.17, 15) is 72.3 Å². The van der Waals surface area contributed by atoms with Gasteiger partial charge in [0.05, 0.1) is 60.0 Å². The molecular weight excluding hydrogens is 1640 g/mol. The molecule has 40 nitrogen and oxygen atoms in total. The molecule has 3 fully saturated rings. The number of aliphatic hydroxyl groups is 2. The highest BCUT2D eigenvalue weighted by atomic mass is 31.2. The van der Waals surface area contributed by atoms with Crippen molar-refractivity contribution in [3.8, 4) is 0 Å². The molecule has 11 atom stereocenters. The van der Waals surface area contributed by atoms with Crippen LogP contribution in [0.3, 0.4) is 0 Å². The minimum Gasteiger partial charge on any atom is -0.394 e. The Kier molecular flexibility index (Phi) is 29.3. The van der Waals surface area contributed by atoms with E-state index >= 15 is 0 Å². The van der Waals surface area contributed by atoms with E-state index in [1.807, 2.05) is 118 Å². The van der Waals surface area contributed by atoms with Crippen molar-refractivity contribution in [2.75, 3.05) is 96.4 Å². The van der Waals surface area contributed by atoms with Crippen LogP contribution in [-0.2, 0) is 61.1 Å². The molecule has 2 unspecified atom stereocenters. The molecule has 123 heavy (non-hydrogen) atoms. The average molecular weight is 1730 g/mol. The van der Waals surface area contributed by atoms with Gasteiger partial charge in [0.15, 0.2) is 0 Å². The van der Waals surface area contributed by atoms with Gasteiger partial charge in [-0.3, -0.25) is 74.3 Å². The Morgan fingerprint density at radius 1 is 0.415 bits per heavy atom. The molecule has 0 spiro atoms. The summed E-state index contributed by atoms with van der Waals surface area (Å²) < 4.78 is 74.4. The summed E-state index contributed by atoms with van der Waals surface area (Å²) in [5.74, 6) is -1.61. The second kappa shape index (κ2) is 39.9. The molecule has 3 aliphatic heterocycles. The first-order chi connectivity index (χ1) is 58.7. The average Bonchev–Trinajstić information content (AvgIpc) is 1.66. The van der Waals surface area contributed by atoms with E-state index in [0.29, 0.717) is 34.1 Å². The SMILES string of the molecule is Cc1cn([C@H]2C[C@H](OP(=O)(O)OC[C@H]3O[C@@H](n4cc(C)c(=O)n(CCNC(=O)c5ccc(N=Nc6ccc(N(C)C)cc6)cc5)c4=O)C[C@@H]3OP(=O)(O)OC[C@H]3O[C@@H](n4cc(C)c(=O)n(CCNC(=O)c5ccc(N=Nc6ccc(N(C)C)cc6)cc5)c4=O)C[C@@H]3O)[C@@H](CO)O2)c(=O)n(CCNC(=O)c2ccc(N=Nc3ccc(N(C)C)cc3)cc2)c1=O. The number of hydrogen-bond donors (Lipinski definition) is 7. The fraction of sp³-hybridized carbons (Fsp3) is 0.370. The molecule has 6 aromatic carbocycles. The number of phosphoric ester groups is 2. The Bertz CT molecular complexity index is 5880. The number of ether oxygens (including phenoxy) is 3. The van der Waals surface area contributed by atoms with Crippen LogP contribution in [0.15, 0.2) is 224 Å². The third-order valence-electron chi connectivity index (χ3n) is 20.3. The molecule has 3 amide bonds. The molecule has 3 aliphatic rings. The lowest BCUT2D eigenvalue weighted by molar-refractivity contribution is -0.0622. The Hall–Kier alpha value is -12.0. The predicted octanol–water partition coefficient (Wildman–Crippen LogP) is 7.94. The van der Waals surface area contributed by atoms with Crippen molar-refractivity contribution in [2.24, 2.45) is 30.7 Å². The van der Waals surface area contributed by atoms with Crippen LogP contribution in [0.2, 0.25) is 0 Å². The van der Waals surface area contributed by atoms with E-state index in [1.165, 1.54) is 69.6 Å². The number of amides is 3. The first kappa shape index (κ1) is 90.2. The second-order valence-corrected chi connectivity index (χ2v) is 32.6. The Balaban J connectivity index is 0.697. The van der Waals surface area contributed by atoms with Crippen molar-refractivity contribution in [3.05, 3.63) is 260 Å². The maximum absolute atomic E-state index is 14.5. The number of benzene rings is 6. The Labute approximate surface area is 702 Å². The molecular formula is C81H94N18O22P2. The zero-order chi connectivity index (χ0) is 88.1. The molecule has 7 N–H and O–H groups in total. The van der Waals surface area contributed by atoms with Gasteiger partial charge in [-0.05, 0) is 166 Å². The summed E-state index contributed by atoms with van der Waals surface area (Å²) in [4.78, 5) is 152. The van der Waals surface area contributed by atoms with E-state index in [-0.39, 0.29) is 79.1 Å². The zero-order valence-corrected chi connectivity index (χ0v) is 70.3. The first-order valence-electron chi connectivity index (χ1n) is 39.0. The van der Waals surface area contributed by atoms with E-state index in [4.69, 9.17) is 32.3 Å². The van der Waals surface area contributed by atoms with Gasteiger partial charge in [0.1, 0.15) is 49.2 Å². The van der Waals surface area contributed by atoms with E-state index in [0.717, 1.165) is 50.7 Å². The molecule has 0 radical (unpaired) electrons.